The van der Waals surface area contributed by atoms with Crippen LogP contribution < -0.4 is 0 Å². The number of hydrogen-bond donors (Lipinski definition) is 0. The average Bonchev–Trinajstić information content (AvgIpc) is 3.65. The maximum atomic E-state index is 12.9. The first kappa shape index (κ1) is 25.1. The minimum Gasteiger partial charge on any atom is -0.339 e. The van der Waals surface area contributed by atoms with E-state index in [0.717, 1.165) is 24.3 Å². The van der Waals surface area contributed by atoms with E-state index in [2.05, 4.69) is 15.0 Å². The highest BCUT2D eigenvalue weighted by Crippen LogP contribution is 2.30. The summed E-state index contributed by atoms with van der Waals surface area (Å²) in [6.45, 7) is 3.00. The Kier molecular flexibility index (Phi) is 6.80. The summed E-state index contributed by atoms with van der Waals surface area (Å²) in [5.74, 6) is -0.0438. The minimum atomic E-state index is -4.62. The molecular weight excluding hydrogens is 487 g/mol. The van der Waals surface area contributed by atoms with Gasteiger partial charge in [-0.15, -0.1) is 0 Å². The number of benzene rings is 1. The summed E-state index contributed by atoms with van der Waals surface area (Å²) in [7, 11) is 0. The van der Waals surface area contributed by atoms with Gasteiger partial charge in [0.25, 0.3) is 0 Å². The monoisotopic (exact) mass is 513 g/mol. The van der Waals surface area contributed by atoms with Crippen LogP contribution in [0, 0.1) is 5.92 Å². The molecule has 37 heavy (non-hydrogen) atoms. The fourth-order valence-corrected chi connectivity index (χ4v) is 4.49. The van der Waals surface area contributed by atoms with Crippen molar-refractivity contribution in [2.45, 2.75) is 32.0 Å². The highest BCUT2D eigenvalue weighted by Gasteiger charge is 2.33. The maximum absolute atomic E-state index is 12.9. The van der Waals surface area contributed by atoms with Crippen molar-refractivity contribution < 1.29 is 27.6 Å². The van der Waals surface area contributed by atoms with Crippen LogP contribution in [0.2, 0.25) is 0 Å². The van der Waals surface area contributed by atoms with Crippen molar-refractivity contribution in [3.05, 3.63) is 59.5 Å². The number of fused-ring (bicyclic) bond motifs is 1. The van der Waals surface area contributed by atoms with Gasteiger partial charge in [0.05, 0.1) is 12.1 Å². The van der Waals surface area contributed by atoms with Gasteiger partial charge in [-0.3, -0.25) is 24.0 Å². The topological polar surface area (TPSA) is 88.4 Å². The van der Waals surface area contributed by atoms with E-state index >= 15 is 0 Å². The Morgan fingerprint density at radius 2 is 1.73 bits per heavy atom. The molecule has 1 aliphatic carbocycles. The molecule has 2 fully saturated rings. The van der Waals surface area contributed by atoms with Crippen molar-refractivity contribution in [3.8, 4) is 0 Å². The molecule has 1 saturated carbocycles. The number of carbonyl (C=O) groups is 3. The Labute approximate surface area is 211 Å². The molecule has 5 rings (SSSR count). The quantitative estimate of drug-likeness (QED) is 0.431. The third-order valence-corrected chi connectivity index (χ3v) is 6.74. The molecule has 0 N–H and O–H groups in total. The standard InChI is InChI=1S/C26H26F3N5O3/c27-26(28,29)24-3-1-2-21(30-24)22(35)13-17-4-7-20-19(12-17)14-34(31-20)16-25(37)33-10-8-32(9-11-33)15-23(36)18-5-6-18/h1-4,7,12,14,18H,5-6,8-11,13,15-16H2. The zero-order valence-corrected chi connectivity index (χ0v) is 20.1. The Hall–Kier alpha value is -3.60. The summed E-state index contributed by atoms with van der Waals surface area (Å²) in [6.07, 6.45) is -1.01. The lowest BCUT2D eigenvalue weighted by molar-refractivity contribution is -0.141. The van der Waals surface area contributed by atoms with Crippen molar-refractivity contribution in [2.75, 3.05) is 32.7 Å². The number of Topliss-reactive ketones (excluding diaryl/α,β-unsaturated/α-hetero) is 2. The van der Waals surface area contributed by atoms with Gasteiger partial charge in [0.2, 0.25) is 5.91 Å². The van der Waals surface area contributed by atoms with E-state index in [1.54, 1.807) is 34.0 Å². The predicted octanol–water partition coefficient (Wildman–Crippen LogP) is 3.00. The molecule has 1 aromatic carbocycles. The van der Waals surface area contributed by atoms with Gasteiger partial charge >= 0.3 is 6.18 Å². The fraction of sp³-hybridized carbons (Fsp3) is 0.423. The summed E-state index contributed by atoms with van der Waals surface area (Å²) < 4.78 is 40.3. The second-order valence-corrected chi connectivity index (χ2v) is 9.62. The van der Waals surface area contributed by atoms with Gasteiger partial charge in [0, 0.05) is 50.1 Å². The highest BCUT2D eigenvalue weighted by atomic mass is 19.4. The number of carbonyl (C=O) groups excluding carboxylic acids is 3. The van der Waals surface area contributed by atoms with Gasteiger partial charge in [-0.05, 0) is 42.7 Å². The molecule has 1 aliphatic heterocycles. The maximum Gasteiger partial charge on any atom is 0.433 e. The summed E-state index contributed by atoms with van der Waals surface area (Å²) >= 11 is 0. The number of halogens is 3. The van der Waals surface area contributed by atoms with Crippen LogP contribution in [-0.2, 0) is 28.7 Å². The zero-order valence-electron chi connectivity index (χ0n) is 20.1. The second-order valence-electron chi connectivity index (χ2n) is 9.62. The zero-order chi connectivity index (χ0) is 26.2. The van der Waals surface area contributed by atoms with Gasteiger partial charge in [0.1, 0.15) is 23.7 Å². The highest BCUT2D eigenvalue weighted by molar-refractivity contribution is 5.96. The van der Waals surface area contributed by atoms with Crippen LogP contribution in [0.5, 0.6) is 0 Å². The summed E-state index contributed by atoms with van der Waals surface area (Å²) in [6, 6.07) is 8.41. The van der Waals surface area contributed by atoms with Crippen LogP contribution in [0.15, 0.2) is 42.6 Å². The van der Waals surface area contributed by atoms with Crippen molar-refractivity contribution >= 4 is 28.4 Å². The summed E-state index contributed by atoms with van der Waals surface area (Å²) in [4.78, 5) is 44.7. The largest absolute Gasteiger partial charge is 0.433 e. The molecule has 2 aliphatic rings. The lowest BCUT2D eigenvalue weighted by Gasteiger charge is -2.34. The third-order valence-electron chi connectivity index (χ3n) is 6.74. The summed E-state index contributed by atoms with van der Waals surface area (Å²) in [5.41, 5.74) is -0.0924. The molecule has 1 saturated heterocycles. The van der Waals surface area contributed by atoms with Gasteiger partial charge < -0.3 is 4.90 Å². The first-order chi connectivity index (χ1) is 17.7. The molecular formula is C26H26F3N5O3. The molecule has 0 radical (unpaired) electrons. The smallest absolute Gasteiger partial charge is 0.339 e. The molecule has 11 heteroatoms. The molecule has 194 valence electrons. The molecule has 3 heterocycles. The van der Waals surface area contributed by atoms with Crippen molar-refractivity contribution in [1.29, 1.82) is 0 Å². The number of nitrogens with zero attached hydrogens (tertiary/aromatic N) is 5. The summed E-state index contributed by atoms with van der Waals surface area (Å²) in [5, 5.41) is 5.16. The lowest BCUT2D eigenvalue weighted by atomic mass is 10.0. The van der Waals surface area contributed by atoms with E-state index < -0.39 is 17.7 Å². The van der Waals surface area contributed by atoms with Crippen LogP contribution >= 0.6 is 0 Å². The molecule has 0 bridgehead atoms. The molecule has 2 aromatic heterocycles. The van der Waals surface area contributed by atoms with Crippen LogP contribution in [0.3, 0.4) is 0 Å². The van der Waals surface area contributed by atoms with Gasteiger partial charge in [-0.25, -0.2) is 4.98 Å². The molecule has 8 nitrogen and oxygen atoms in total. The number of piperazine rings is 1. The first-order valence-electron chi connectivity index (χ1n) is 12.2. The van der Waals surface area contributed by atoms with Crippen LogP contribution in [0.4, 0.5) is 13.2 Å². The second kappa shape index (κ2) is 10.0. The van der Waals surface area contributed by atoms with E-state index in [4.69, 9.17) is 0 Å². The Bertz CT molecular complexity index is 1340. The predicted molar refractivity (Wildman–Crippen MR) is 128 cm³/mol. The number of pyridine rings is 1. The fourth-order valence-electron chi connectivity index (χ4n) is 4.49. The van der Waals surface area contributed by atoms with Gasteiger partial charge in [-0.2, -0.15) is 18.3 Å². The van der Waals surface area contributed by atoms with Crippen molar-refractivity contribution in [3.63, 3.8) is 0 Å². The van der Waals surface area contributed by atoms with E-state index in [9.17, 15) is 27.6 Å². The molecule has 0 atom stereocenters. The number of ketones is 2. The Morgan fingerprint density at radius 1 is 0.973 bits per heavy atom. The normalized spacial score (nSPS) is 16.8. The first-order valence-corrected chi connectivity index (χ1v) is 12.2. The van der Waals surface area contributed by atoms with Gasteiger partial charge in [0.15, 0.2) is 5.78 Å². The van der Waals surface area contributed by atoms with Crippen LogP contribution in [-0.4, -0.2) is 74.8 Å². The lowest BCUT2D eigenvalue weighted by Crippen LogP contribution is -2.50. The number of aromatic nitrogens is 3. The molecule has 0 spiro atoms. The van der Waals surface area contributed by atoms with Crippen molar-refractivity contribution in [1.82, 2.24) is 24.6 Å². The number of rotatable bonds is 8. The van der Waals surface area contributed by atoms with E-state index in [1.807, 2.05) is 0 Å². The number of alkyl halides is 3. The van der Waals surface area contributed by atoms with E-state index in [-0.39, 0.29) is 30.5 Å². The third kappa shape index (κ3) is 6.04. The van der Waals surface area contributed by atoms with Crippen molar-refractivity contribution in [2.24, 2.45) is 5.92 Å². The molecule has 3 aromatic rings. The SMILES string of the molecule is O=C(Cc1ccc2nn(CC(=O)N3CCN(CC(=O)C4CC4)CC3)cc2c1)c1cccc(C(F)(F)F)n1. The van der Waals surface area contributed by atoms with Crippen LogP contribution in [0.25, 0.3) is 10.9 Å². The minimum absolute atomic E-state index is 0.0630. The molecule has 0 unspecified atom stereocenters. The number of hydrogen-bond acceptors (Lipinski definition) is 6. The number of amides is 1. The Morgan fingerprint density at radius 3 is 2.43 bits per heavy atom. The molecule has 1 amide bonds. The average molecular weight is 514 g/mol. The van der Waals surface area contributed by atoms with E-state index in [0.29, 0.717) is 49.6 Å². The Balaban J connectivity index is 1.18. The van der Waals surface area contributed by atoms with E-state index in [1.165, 1.54) is 12.1 Å². The van der Waals surface area contributed by atoms with Gasteiger partial charge in [-0.1, -0.05) is 12.1 Å². The van der Waals surface area contributed by atoms with Crippen LogP contribution in [0.1, 0.15) is 34.6 Å².